The minimum Gasteiger partial charge on any atom is -0.379 e. The fraction of sp³-hybridized carbons (Fsp3) is 0.312. The number of hydrogen-bond donors (Lipinski definition) is 1. The molecule has 1 aromatic heterocycles. The summed E-state index contributed by atoms with van der Waals surface area (Å²) in [6, 6.07) is 12.7. The van der Waals surface area contributed by atoms with Gasteiger partial charge in [0, 0.05) is 11.9 Å². The number of benzene rings is 1. The first-order valence-electron chi connectivity index (χ1n) is 6.40. The highest BCUT2D eigenvalue weighted by molar-refractivity contribution is 5.46. The third-order valence-electron chi connectivity index (χ3n) is 3.00. The maximum absolute atomic E-state index is 4.39. The molecule has 0 bridgehead atoms. The van der Waals surface area contributed by atoms with Crippen LogP contribution in [0.1, 0.15) is 36.6 Å². The summed E-state index contributed by atoms with van der Waals surface area (Å²) in [7, 11) is 0. The number of nitrogens with one attached hydrogen (secondary N) is 1. The largest absolute Gasteiger partial charge is 0.379 e. The fourth-order valence-electron chi connectivity index (χ4n) is 1.80. The fourth-order valence-corrected chi connectivity index (χ4v) is 1.80. The topological polar surface area (TPSA) is 24.9 Å². The minimum atomic E-state index is 0.559. The van der Waals surface area contributed by atoms with Crippen LogP contribution in [0.4, 0.5) is 5.69 Å². The molecule has 0 fully saturated rings. The molecule has 0 spiro atoms. The third kappa shape index (κ3) is 3.33. The van der Waals surface area contributed by atoms with Crippen molar-refractivity contribution in [2.75, 3.05) is 5.32 Å². The van der Waals surface area contributed by atoms with Gasteiger partial charge in [-0.25, -0.2) is 0 Å². The van der Waals surface area contributed by atoms with Crippen LogP contribution in [0.3, 0.4) is 0 Å². The Hall–Kier alpha value is -1.83. The maximum Gasteiger partial charge on any atom is 0.0594 e. The average Bonchev–Trinajstić information content (AvgIpc) is 2.38. The van der Waals surface area contributed by atoms with Gasteiger partial charge in [0.1, 0.15) is 0 Å². The highest BCUT2D eigenvalue weighted by Gasteiger charge is 2.00. The van der Waals surface area contributed by atoms with Gasteiger partial charge in [-0.3, -0.25) is 4.98 Å². The number of pyridine rings is 1. The molecule has 0 unspecified atom stereocenters. The van der Waals surface area contributed by atoms with E-state index in [2.05, 4.69) is 67.5 Å². The quantitative estimate of drug-likeness (QED) is 0.869. The third-order valence-corrected chi connectivity index (χ3v) is 3.00. The summed E-state index contributed by atoms with van der Waals surface area (Å²) in [5.74, 6) is 0.559. The number of aromatic nitrogens is 1. The number of hydrogen-bond acceptors (Lipinski definition) is 2. The molecule has 1 heterocycles. The molecule has 0 saturated heterocycles. The lowest BCUT2D eigenvalue weighted by molar-refractivity contribution is 0.866. The highest BCUT2D eigenvalue weighted by atomic mass is 14.9. The van der Waals surface area contributed by atoms with E-state index in [1.807, 2.05) is 6.20 Å². The van der Waals surface area contributed by atoms with Gasteiger partial charge in [0.25, 0.3) is 0 Å². The molecular formula is C16H20N2. The van der Waals surface area contributed by atoms with Gasteiger partial charge in [-0.2, -0.15) is 0 Å². The summed E-state index contributed by atoms with van der Waals surface area (Å²) in [4.78, 5) is 4.39. The van der Waals surface area contributed by atoms with Crippen molar-refractivity contribution < 1.29 is 0 Å². The van der Waals surface area contributed by atoms with Crippen LogP contribution in [0.15, 0.2) is 42.6 Å². The van der Waals surface area contributed by atoms with Crippen molar-refractivity contribution in [1.82, 2.24) is 4.98 Å². The Bertz CT molecular complexity index is 501. The summed E-state index contributed by atoms with van der Waals surface area (Å²) in [6.07, 6.45) is 1.90. The lowest BCUT2D eigenvalue weighted by Gasteiger charge is -2.10. The van der Waals surface area contributed by atoms with E-state index < -0.39 is 0 Å². The zero-order chi connectivity index (χ0) is 13.0. The SMILES string of the molecule is Cc1ccc(CNc2cccc(C(C)C)c2)nc1. The normalized spacial score (nSPS) is 10.7. The van der Waals surface area contributed by atoms with Crippen LogP contribution >= 0.6 is 0 Å². The lowest BCUT2D eigenvalue weighted by atomic mass is 10.0. The minimum absolute atomic E-state index is 0.559. The molecule has 94 valence electrons. The predicted octanol–water partition coefficient (Wildman–Crippen LogP) is 4.13. The monoisotopic (exact) mass is 240 g/mol. The van der Waals surface area contributed by atoms with E-state index >= 15 is 0 Å². The highest BCUT2D eigenvalue weighted by Crippen LogP contribution is 2.18. The molecule has 0 atom stereocenters. The van der Waals surface area contributed by atoms with E-state index in [0.29, 0.717) is 5.92 Å². The van der Waals surface area contributed by atoms with Gasteiger partial charge in [-0.1, -0.05) is 32.0 Å². The second-order valence-corrected chi connectivity index (χ2v) is 4.96. The van der Waals surface area contributed by atoms with Crippen molar-refractivity contribution >= 4 is 5.69 Å². The van der Waals surface area contributed by atoms with Crippen LogP contribution in [0, 0.1) is 6.92 Å². The molecule has 2 rings (SSSR count). The molecule has 18 heavy (non-hydrogen) atoms. The van der Waals surface area contributed by atoms with E-state index in [9.17, 15) is 0 Å². The number of nitrogens with zero attached hydrogens (tertiary/aromatic N) is 1. The summed E-state index contributed by atoms with van der Waals surface area (Å²) in [6.45, 7) is 7.24. The van der Waals surface area contributed by atoms with E-state index in [1.165, 1.54) is 11.1 Å². The zero-order valence-electron chi connectivity index (χ0n) is 11.3. The summed E-state index contributed by atoms with van der Waals surface area (Å²) < 4.78 is 0. The number of anilines is 1. The van der Waals surface area contributed by atoms with Gasteiger partial charge < -0.3 is 5.32 Å². The summed E-state index contributed by atoms with van der Waals surface area (Å²) in [5.41, 5.74) is 4.77. The predicted molar refractivity (Wildman–Crippen MR) is 76.8 cm³/mol. The van der Waals surface area contributed by atoms with Gasteiger partial charge in [0.05, 0.1) is 12.2 Å². The van der Waals surface area contributed by atoms with Crippen molar-refractivity contribution in [2.24, 2.45) is 0 Å². The Morgan fingerprint density at radius 1 is 1.17 bits per heavy atom. The molecule has 1 aromatic carbocycles. The average molecular weight is 240 g/mol. The standard InChI is InChI=1S/C16H20N2/c1-12(2)14-5-4-6-15(9-14)18-11-16-8-7-13(3)10-17-16/h4-10,12,18H,11H2,1-3H3. The summed E-state index contributed by atoms with van der Waals surface area (Å²) >= 11 is 0. The van der Waals surface area contributed by atoms with Crippen molar-refractivity contribution in [2.45, 2.75) is 33.2 Å². The molecular weight excluding hydrogens is 220 g/mol. The molecule has 0 radical (unpaired) electrons. The molecule has 2 nitrogen and oxygen atoms in total. The number of aryl methyl sites for hydroxylation is 1. The van der Waals surface area contributed by atoms with Crippen LogP contribution in [0.2, 0.25) is 0 Å². The molecule has 0 aliphatic carbocycles. The zero-order valence-corrected chi connectivity index (χ0v) is 11.3. The van der Waals surface area contributed by atoms with Crippen molar-refractivity contribution in [3.63, 3.8) is 0 Å². The van der Waals surface area contributed by atoms with Gasteiger partial charge >= 0.3 is 0 Å². The van der Waals surface area contributed by atoms with Crippen LogP contribution in [0.5, 0.6) is 0 Å². The van der Waals surface area contributed by atoms with Crippen LogP contribution in [-0.4, -0.2) is 4.98 Å². The van der Waals surface area contributed by atoms with E-state index in [0.717, 1.165) is 17.9 Å². The van der Waals surface area contributed by atoms with E-state index in [1.54, 1.807) is 0 Å². The maximum atomic E-state index is 4.39. The Morgan fingerprint density at radius 3 is 2.67 bits per heavy atom. The first-order valence-corrected chi connectivity index (χ1v) is 6.40. The van der Waals surface area contributed by atoms with Crippen molar-refractivity contribution in [1.29, 1.82) is 0 Å². The summed E-state index contributed by atoms with van der Waals surface area (Å²) in [5, 5.41) is 3.41. The van der Waals surface area contributed by atoms with Crippen molar-refractivity contribution in [3.05, 3.63) is 59.4 Å². The molecule has 1 N–H and O–H groups in total. The Kier molecular flexibility index (Phi) is 3.98. The van der Waals surface area contributed by atoms with Gasteiger partial charge in [-0.05, 0) is 42.2 Å². The van der Waals surface area contributed by atoms with Crippen molar-refractivity contribution in [3.8, 4) is 0 Å². The first-order chi connectivity index (χ1) is 8.65. The molecule has 2 aromatic rings. The van der Waals surface area contributed by atoms with Crippen LogP contribution in [-0.2, 0) is 6.54 Å². The van der Waals surface area contributed by atoms with Gasteiger partial charge in [-0.15, -0.1) is 0 Å². The lowest BCUT2D eigenvalue weighted by Crippen LogP contribution is -2.02. The second-order valence-electron chi connectivity index (χ2n) is 4.96. The Morgan fingerprint density at radius 2 is 2.00 bits per heavy atom. The molecule has 0 aliphatic heterocycles. The first kappa shape index (κ1) is 12.6. The molecule has 0 saturated carbocycles. The van der Waals surface area contributed by atoms with E-state index in [-0.39, 0.29) is 0 Å². The number of rotatable bonds is 4. The Balaban J connectivity index is 2.01. The van der Waals surface area contributed by atoms with E-state index in [4.69, 9.17) is 0 Å². The molecule has 0 aliphatic rings. The Labute approximate surface area is 109 Å². The van der Waals surface area contributed by atoms with Gasteiger partial charge in [0.2, 0.25) is 0 Å². The van der Waals surface area contributed by atoms with Crippen LogP contribution in [0.25, 0.3) is 0 Å². The van der Waals surface area contributed by atoms with Crippen LogP contribution < -0.4 is 5.32 Å². The smallest absolute Gasteiger partial charge is 0.0594 e. The molecule has 0 amide bonds. The molecule has 2 heteroatoms. The van der Waals surface area contributed by atoms with Gasteiger partial charge in [0.15, 0.2) is 0 Å². The second kappa shape index (κ2) is 5.67.